The zero-order valence-corrected chi connectivity index (χ0v) is 13.4. The summed E-state index contributed by atoms with van der Waals surface area (Å²) >= 11 is 3.59. The third kappa shape index (κ3) is 3.34. The summed E-state index contributed by atoms with van der Waals surface area (Å²) in [6.45, 7) is 7.63. The Hall–Kier alpha value is -0.930. The fraction of sp³-hybridized carbons (Fsp3) is 0.438. The summed E-state index contributed by atoms with van der Waals surface area (Å²) in [5, 5.41) is 4.82. The molecule has 102 valence electrons. The molecule has 1 atom stereocenters. The van der Waals surface area contributed by atoms with Crippen LogP contribution in [0.15, 0.2) is 34.9 Å². The first-order chi connectivity index (χ1) is 9.13. The smallest absolute Gasteiger partial charge is 0.0758 e. The molecule has 0 saturated heterocycles. The Labute approximate surface area is 123 Å². The molecule has 0 aliphatic rings. The Bertz CT molecular complexity index is 551. The van der Waals surface area contributed by atoms with Gasteiger partial charge in [-0.1, -0.05) is 48.8 Å². The highest BCUT2D eigenvalue weighted by Crippen LogP contribution is 2.25. The normalized spacial score (nSPS) is 13.1. The van der Waals surface area contributed by atoms with Gasteiger partial charge in [0, 0.05) is 28.6 Å². The summed E-state index contributed by atoms with van der Waals surface area (Å²) in [6, 6.07) is 8.90. The monoisotopic (exact) mass is 320 g/mol. The molecule has 2 nitrogen and oxygen atoms in total. The standard InChI is InChI=1S/C16H21BrN2/c1-4-15(11(2)3)19-10-12-7-8-14(17)13-6-5-9-18-16(12)13/h5-9,11,15,19H,4,10H2,1-3H3. The number of aromatic nitrogens is 1. The summed E-state index contributed by atoms with van der Waals surface area (Å²) in [7, 11) is 0. The molecular formula is C16H21BrN2. The van der Waals surface area contributed by atoms with Gasteiger partial charge in [0.05, 0.1) is 5.52 Å². The van der Waals surface area contributed by atoms with Gasteiger partial charge < -0.3 is 5.32 Å². The van der Waals surface area contributed by atoms with Crippen molar-refractivity contribution in [2.75, 3.05) is 0 Å². The molecule has 1 aromatic carbocycles. The fourth-order valence-corrected chi connectivity index (χ4v) is 2.88. The van der Waals surface area contributed by atoms with E-state index in [1.165, 1.54) is 10.9 Å². The van der Waals surface area contributed by atoms with Crippen LogP contribution < -0.4 is 5.32 Å². The molecule has 0 fully saturated rings. The number of halogens is 1. The summed E-state index contributed by atoms with van der Waals surface area (Å²) in [5.41, 5.74) is 2.35. The number of rotatable bonds is 5. The second-order valence-electron chi connectivity index (χ2n) is 5.25. The minimum Gasteiger partial charge on any atom is -0.310 e. The third-order valence-corrected chi connectivity index (χ3v) is 4.29. The highest BCUT2D eigenvalue weighted by atomic mass is 79.9. The van der Waals surface area contributed by atoms with Gasteiger partial charge in [-0.15, -0.1) is 0 Å². The first-order valence-electron chi connectivity index (χ1n) is 6.89. The molecule has 1 aromatic heterocycles. The van der Waals surface area contributed by atoms with Gasteiger partial charge in [0.15, 0.2) is 0 Å². The van der Waals surface area contributed by atoms with Gasteiger partial charge in [0.2, 0.25) is 0 Å². The molecule has 1 N–H and O–H groups in total. The second-order valence-corrected chi connectivity index (χ2v) is 6.10. The predicted molar refractivity (Wildman–Crippen MR) is 85.2 cm³/mol. The molecule has 1 heterocycles. The van der Waals surface area contributed by atoms with Crippen LogP contribution in [0.2, 0.25) is 0 Å². The minimum atomic E-state index is 0.558. The van der Waals surface area contributed by atoms with Crippen molar-refractivity contribution in [3.8, 4) is 0 Å². The molecular weight excluding hydrogens is 300 g/mol. The molecule has 19 heavy (non-hydrogen) atoms. The van der Waals surface area contributed by atoms with Crippen LogP contribution in [0.5, 0.6) is 0 Å². The van der Waals surface area contributed by atoms with Crippen molar-refractivity contribution in [2.24, 2.45) is 5.92 Å². The number of benzene rings is 1. The van der Waals surface area contributed by atoms with E-state index in [9.17, 15) is 0 Å². The average Bonchev–Trinajstić information content (AvgIpc) is 2.42. The average molecular weight is 321 g/mol. The topological polar surface area (TPSA) is 24.9 Å². The quantitative estimate of drug-likeness (QED) is 0.876. The van der Waals surface area contributed by atoms with E-state index >= 15 is 0 Å². The van der Waals surface area contributed by atoms with Crippen molar-refractivity contribution in [1.82, 2.24) is 10.3 Å². The lowest BCUT2D eigenvalue weighted by molar-refractivity contribution is 0.388. The van der Waals surface area contributed by atoms with Crippen LogP contribution in [-0.2, 0) is 6.54 Å². The van der Waals surface area contributed by atoms with E-state index in [0.29, 0.717) is 12.0 Å². The van der Waals surface area contributed by atoms with Gasteiger partial charge in [-0.3, -0.25) is 4.98 Å². The summed E-state index contributed by atoms with van der Waals surface area (Å²) in [4.78, 5) is 4.52. The SMILES string of the molecule is CCC(NCc1ccc(Br)c2cccnc12)C(C)C. The van der Waals surface area contributed by atoms with Crippen LogP contribution >= 0.6 is 15.9 Å². The van der Waals surface area contributed by atoms with Gasteiger partial charge in [-0.05, 0) is 30.0 Å². The number of pyridine rings is 1. The third-order valence-electron chi connectivity index (χ3n) is 3.60. The fourth-order valence-electron chi connectivity index (χ4n) is 2.43. The van der Waals surface area contributed by atoms with Crippen LogP contribution in [0.1, 0.15) is 32.8 Å². The first kappa shape index (κ1) is 14.5. The van der Waals surface area contributed by atoms with E-state index in [2.05, 4.69) is 65.2 Å². The van der Waals surface area contributed by atoms with Gasteiger partial charge >= 0.3 is 0 Å². The van der Waals surface area contributed by atoms with Crippen molar-refractivity contribution >= 4 is 26.8 Å². The molecule has 0 bridgehead atoms. The Kier molecular flexibility index (Phi) is 4.94. The molecule has 0 spiro atoms. The van der Waals surface area contributed by atoms with Gasteiger partial charge in [0.1, 0.15) is 0 Å². The van der Waals surface area contributed by atoms with E-state index in [1.54, 1.807) is 0 Å². The Morgan fingerprint density at radius 1 is 1.26 bits per heavy atom. The van der Waals surface area contributed by atoms with Crippen LogP contribution in [0.3, 0.4) is 0 Å². The molecule has 1 unspecified atom stereocenters. The molecule has 0 radical (unpaired) electrons. The van der Waals surface area contributed by atoms with E-state index in [0.717, 1.165) is 23.0 Å². The highest BCUT2D eigenvalue weighted by molar-refractivity contribution is 9.10. The molecule has 2 rings (SSSR count). The largest absolute Gasteiger partial charge is 0.310 e. The number of nitrogens with zero attached hydrogens (tertiary/aromatic N) is 1. The van der Waals surface area contributed by atoms with Gasteiger partial charge in [0.25, 0.3) is 0 Å². The van der Waals surface area contributed by atoms with Crippen LogP contribution in [0.4, 0.5) is 0 Å². The zero-order chi connectivity index (χ0) is 13.8. The van der Waals surface area contributed by atoms with E-state index in [-0.39, 0.29) is 0 Å². The maximum absolute atomic E-state index is 4.52. The molecule has 3 heteroatoms. The van der Waals surface area contributed by atoms with Gasteiger partial charge in [-0.25, -0.2) is 0 Å². The molecule has 0 aliphatic heterocycles. The number of nitrogens with one attached hydrogen (secondary N) is 1. The zero-order valence-electron chi connectivity index (χ0n) is 11.8. The Morgan fingerprint density at radius 3 is 2.74 bits per heavy atom. The summed E-state index contributed by atoms with van der Waals surface area (Å²) < 4.78 is 1.11. The van der Waals surface area contributed by atoms with Crippen molar-refractivity contribution in [3.05, 3.63) is 40.5 Å². The molecule has 0 amide bonds. The van der Waals surface area contributed by atoms with Crippen molar-refractivity contribution < 1.29 is 0 Å². The van der Waals surface area contributed by atoms with E-state index in [1.807, 2.05) is 12.3 Å². The lowest BCUT2D eigenvalue weighted by Gasteiger charge is -2.21. The minimum absolute atomic E-state index is 0.558. The van der Waals surface area contributed by atoms with Crippen LogP contribution in [0, 0.1) is 5.92 Å². The highest BCUT2D eigenvalue weighted by Gasteiger charge is 2.11. The lowest BCUT2D eigenvalue weighted by atomic mass is 10.0. The molecule has 0 saturated carbocycles. The molecule has 2 aromatic rings. The van der Waals surface area contributed by atoms with Crippen molar-refractivity contribution in [2.45, 2.75) is 39.8 Å². The predicted octanol–water partition coefficient (Wildman–Crippen LogP) is 4.52. The van der Waals surface area contributed by atoms with Crippen molar-refractivity contribution in [1.29, 1.82) is 0 Å². The Morgan fingerprint density at radius 2 is 2.05 bits per heavy atom. The number of fused-ring (bicyclic) bond motifs is 1. The maximum Gasteiger partial charge on any atom is 0.0758 e. The Balaban J connectivity index is 2.24. The summed E-state index contributed by atoms with van der Waals surface area (Å²) in [5.74, 6) is 0.652. The van der Waals surface area contributed by atoms with E-state index in [4.69, 9.17) is 0 Å². The van der Waals surface area contributed by atoms with Crippen LogP contribution in [0.25, 0.3) is 10.9 Å². The number of hydrogen-bond donors (Lipinski definition) is 1. The van der Waals surface area contributed by atoms with Crippen LogP contribution in [-0.4, -0.2) is 11.0 Å². The van der Waals surface area contributed by atoms with Crippen molar-refractivity contribution in [3.63, 3.8) is 0 Å². The molecule has 0 aliphatic carbocycles. The van der Waals surface area contributed by atoms with E-state index < -0.39 is 0 Å². The number of hydrogen-bond acceptors (Lipinski definition) is 2. The summed E-state index contributed by atoms with van der Waals surface area (Å²) in [6.07, 6.45) is 3.01. The first-order valence-corrected chi connectivity index (χ1v) is 7.68. The lowest BCUT2D eigenvalue weighted by Crippen LogP contribution is -2.32. The maximum atomic E-state index is 4.52. The second kappa shape index (κ2) is 6.49. The van der Waals surface area contributed by atoms with Gasteiger partial charge in [-0.2, -0.15) is 0 Å².